The highest BCUT2D eigenvalue weighted by molar-refractivity contribution is 7.88. The predicted octanol–water partition coefficient (Wildman–Crippen LogP) is 1.03. The molecule has 4 heterocycles. The Labute approximate surface area is 195 Å². The Morgan fingerprint density at radius 3 is 2.62 bits per heavy atom. The van der Waals surface area contributed by atoms with E-state index in [-0.39, 0.29) is 41.9 Å². The number of aliphatic hydroxyl groups excluding tert-OH is 1. The third-order valence-electron chi connectivity index (χ3n) is 6.40. The molecule has 2 aromatic heterocycles. The summed E-state index contributed by atoms with van der Waals surface area (Å²) in [5.41, 5.74) is 0.948. The highest BCUT2D eigenvalue weighted by Gasteiger charge is 2.32. The van der Waals surface area contributed by atoms with Gasteiger partial charge in [0.15, 0.2) is 11.6 Å². The van der Waals surface area contributed by atoms with E-state index in [0.717, 1.165) is 25.5 Å². The number of piperidine rings is 1. The van der Waals surface area contributed by atoms with Gasteiger partial charge in [-0.2, -0.15) is 4.31 Å². The Morgan fingerprint density at radius 2 is 1.97 bits per heavy atom. The van der Waals surface area contributed by atoms with E-state index in [9.17, 15) is 22.3 Å². The smallest absolute Gasteiger partial charge is 0.223 e. The zero-order chi connectivity index (χ0) is 24.2. The molecule has 2 atom stereocenters. The molecule has 2 unspecified atom stereocenters. The number of imidazole rings is 1. The van der Waals surface area contributed by atoms with Crippen LogP contribution < -0.4 is 10.6 Å². The largest absolute Gasteiger partial charge is 0.390 e. The van der Waals surface area contributed by atoms with Gasteiger partial charge >= 0.3 is 0 Å². The number of nitrogens with one attached hydrogen (secondary N) is 2. The van der Waals surface area contributed by atoms with Crippen molar-refractivity contribution in [3.05, 3.63) is 35.8 Å². The minimum Gasteiger partial charge on any atom is -0.390 e. The Bertz CT molecular complexity index is 1360. The predicted molar refractivity (Wildman–Crippen MR) is 122 cm³/mol. The van der Waals surface area contributed by atoms with Crippen LogP contribution in [-0.2, 0) is 10.0 Å². The quantitative estimate of drug-likeness (QED) is 0.481. The summed E-state index contributed by atoms with van der Waals surface area (Å²) in [6.07, 6.45) is 1.40. The third-order valence-corrected chi connectivity index (χ3v) is 7.67. The van der Waals surface area contributed by atoms with E-state index in [4.69, 9.17) is 0 Å². The first-order chi connectivity index (χ1) is 16.1. The minimum atomic E-state index is -3.41. The number of anilines is 1. The average Bonchev–Trinajstić information content (AvgIpc) is 3.05. The molecule has 0 amide bonds. The van der Waals surface area contributed by atoms with Crippen molar-refractivity contribution in [1.29, 1.82) is 0 Å². The van der Waals surface area contributed by atoms with Crippen molar-refractivity contribution in [3.8, 4) is 11.3 Å². The zero-order valence-corrected chi connectivity index (χ0v) is 19.5. The first-order valence-corrected chi connectivity index (χ1v) is 12.8. The van der Waals surface area contributed by atoms with Crippen molar-refractivity contribution in [3.63, 3.8) is 0 Å². The number of aryl methyl sites for hydroxylation is 1. The Kier molecular flexibility index (Phi) is 5.74. The van der Waals surface area contributed by atoms with Crippen LogP contribution in [0.1, 0.15) is 18.3 Å². The fourth-order valence-electron chi connectivity index (χ4n) is 4.50. The van der Waals surface area contributed by atoms with Gasteiger partial charge in [0.1, 0.15) is 17.0 Å². The van der Waals surface area contributed by atoms with Gasteiger partial charge in [0.05, 0.1) is 36.2 Å². The number of β-amino-alcohol motifs (C(OH)–C–C–N with tert-alkyl or cyclic N) is 1. The number of hydrogen-bond acceptors (Lipinski definition) is 8. The molecular weight excluding hydrogens is 468 g/mol. The molecule has 5 rings (SSSR count). The molecule has 0 spiro atoms. The van der Waals surface area contributed by atoms with Crippen LogP contribution in [0.2, 0.25) is 0 Å². The molecule has 2 aliphatic heterocycles. The third kappa shape index (κ3) is 4.13. The molecule has 2 aliphatic rings. The summed E-state index contributed by atoms with van der Waals surface area (Å²) in [5.74, 6) is -0.554. The van der Waals surface area contributed by atoms with E-state index in [0.29, 0.717) is 17.8 Å². The van der Waals surface area contributed by atoms with Gasteiger partial charge in [0.25, 0.3) is 0 Å². The number of sulfonamides is 1. The number of halogens is 2. The molecule has 1 aromatic carbocycles. The summed E-state index contributed by atoms with van der Waals surface area (Å²) in [5, 5.41) is 16.6. The topological polar surface area (TPSA) is 125 Å². The Balaban J connectivity index is 1.45. The number of aliphatic hydroxyl groups is 1. The molecule has 10 nitrogen and oxygen atoms in total. The lowest BCUT2D eigenvalue weighted by Crippen LogP contribution is -2.51. The maximum atomic E-state index is 14.9. The van der Waals surface area contributed by atoms with Gasteiger partial charge in [-0.15, -0.1) is 0 Å². The maximum Gasteiger partial charge on any atom is 0.223 e. The molecule has 3 aromatic rings. The summed E-state index contributed by atoms with van der Waals surface area (Å²) in [6.45, 7) is 3.46. The molecule has 34 heavy (non-hydrogen) atoms. The molecule has 2 fully saturated rings. The first kappa shape index (κ1) is 23.0. The number of hydrogen-bond donors (Lipinski definition) is 3. The summed E-state index contributed by atoms with van der Waals surface area (Å²) in [4.78, 5) is 12.6. The molecular formula is C21H25F2N7O3S. The second-order valence-corrected chi connectivity index (χ2v) is 10.8. The second kappa shape index (κ2) is 8.48. The Hall–Kier alpha value is -2.74. The summed E-state index contributed by atoms with van der Waals surface area (Å²) in [6, 6.07) is 2.50. The summed E-state index contributed by atoms with van der Waals surface area (Å²) in [7, 11) is -3.41. The van der Waals surface area contributed by atoms with Gasteiger partial charge in [-0.3, -0.25) is 0 Å². The van der Waals surface area contributed by atoms with Gasteiger partial charge < -0.3 is 20.3 Å². The van der Waals surface area contributed by atoms with Gasteiger partial charge in [0.2, 0.25) is 16.0 Å². The summed E-state index contributed by atoms with van der Waals surface area (Å²) < 4.78 is 56.3. The van der Waals surface area contributed by atoms with Gasteiger partial charge in [-0.25, -0.2) is 32.2 Å². The first-order valence-electron chi connectivity index (χ1n) is 10.9. The minimum absolute atomic E-state index is 0.0571. The maximum absolute atomic E-state index is 14.9. The molecule has 182 valence electrons. The van der Waals surface area contributed by atoms with E-state index in [1.54, 1.807) is 6.07 Å². The average molecular weight is 494 g/mol. The lowest BCUT2D eigenvalue weighted by molar-refractivity contribution is 0.0950. The standard InChI is InChI=1S/C21H25F2N7O3S/c1-11-26-20-14(22)5-12(6-17(20)30(11)13-7-24-8-13)19-15(23)9-25-21(28-19)27-16-3-4-29(10-18(16)31)34(2,32)33/h5-6,9,13,16,18,24,31H,3-4,7-8,10H2,1-2H3,(H,25,27,28). The normalized spacial score (nSPS) is 22.1. The van der Waals surface area contributed by atoms with Crippen molar-refractivity contribution in [1.82, 2.24) is 29.1 Å². The molecule has 0 bridgehead atoms. The summed E-state index contributed by atoms with van der Waals surface area (Å²) >= 11 is 0. The van der Waals surface area contributed by atoms with Crippen LogP contribution in [0.25, 0.3) is 22.3 Å². The van der Waals surface area contributed by atoms with E-state index >= 15 is 0 Å². The molecule has 3 N–H and O–H groups in total. The molecule has 13 heteroatoms. The fourth-order valence-corrected chi connectivity index (χ4v) is 5.36. The monoisotopic (exact) mass is 493 g/mol. The zero-order valence-electron chi connectivity index (χ0n) is 18.7. The van der Waals surface area contributed by atoms with Gasteiger partial charge in [-0.05, 0) is 25.5 Å². The lowest BCUT2D eigenvalue weighted by Gasteiger charge is -2.34. The van der Waals surface area contributed by atoms with Crippen LogP contribution >= 0.6 is 0 Å². The number of nitrogens with zero attached hydrogens (tertiary/aromatic N) is 5. The Morgan fingerprint density at radius 1 is 1.21 bits per heavy atom. The van der Waals surface area contributed by atoms with Crippen LogP contribution in [0.15, 0.2) is 18.3 Å². The molecule has 2 saturated heterocycles. The van der Waals surface area contributed by atoms with Crippen LogP contribution in [0.4, 0.5) is 14.7 Å². The second-order valence-electron chi connectivity index (χ2n) is 8.78. The van der Waals surface area contributed by atoms with Crippen molar-refractivity contribution in [2.45, 2.75) is 31.5 Å². The highest BCUT2D eigenvalue weighted by Crippen LogP contribution is 2.31. The van der Waals surface area contributed by atoms with Crippen LogP contribution in [0.5, 0.6) is 0 Å². The lowest BCUT2D eigenvalue weighted by atomic mass is 10.0. The van der Waals surface area contributed by atoms with Crippen LogP contribution in [-0.4, -0.2) is 81.9 Å². The van der Waals surface area contributed by atoms with Gasteiger partial charge in [0, 0.05) is 31.7 Å². The van der Waals surface area contributed by atoms with E-state index < -0.39 is 33.8 Å². The van der Waals surface area contributed by atoms with Crippen molar-refractivity contribution in [2.75, 3.05) is 37.8 Å². The van der Waals surface area contributed by atoms with Crippen molar-refractivity contribution in [2.24, 2.45) is 0 Å². The fraction of sp³-hybridized carbons (Fsp3) is 0.476. The van der Waals surface area contributed by atoms with Crippen molar-refractivity contribution >= 4 is 27.0 Å². The van der Waals surface area contributed by atoms with E-state index in [1.807, 2.05) is 11.5 Å². The van der Waals surface area contributed by atoms with Crippen molar-refractivity contribution < 1.29 is 22.3 Å². The molecule has 0 aliphatic carbocycles. The SMILES string of the molecule is Cc1nc2c(F)cc(-c3nc(NC4CCN(S(C)(=O)=O)CC4O)ncc3F)cc2n1C1CNC1. The van der Waals surface area contributed by atoms with E-state index in [1.165, 1.54) is 10.4 Å². The van der Waals surface area contributed by atoms with Crippen LogP contribution in [0.3, 0.4) is 0 Å². The number of rotatable bonds is 5. The van der Waals surface area contributed by atoms with Gasteiger partial charge in [-0.1, -0.05) is 0 Å². The molecule has 0 saturated carbocycles. The molecule has 0 radical (unpaired) electrons. The van der Waals surface area contributed by atoms with Crippen LogP contribution in [0, 0.1) is 18.6 Å². The number of aromatic nitrogens is 4. The number of benzene rings is 1. The highest BCUT2D eigenvalue weighted by atomic mass is 32.2. The number of fused-ring (bicyclic) bond motifs is 1. The van der Waals surface area contributed by atoms with E-state index in [2.05, 4.69) is 25.6 Å².